The Morgan fingerprint density at radius 2 is 2.08 bits per heavy atom. The minimum absolute atomic E-state index is 0.124. The van der Waals surface area contributed by atoms with E-state index in [1.54, 1.807) is 7.11 Å². The third-order valence-corrected chi connectivity index (χ3v) is 2.79. The summed E-state index contributed by atoms with van der Waals surface area (Å²) in [6, 6.07) is -0.432. The average Bonchev–Trinajstić information content (AvgIpc) is 2.04. The quantitative estimate of drug-likeness (QED) is 0.675. The SMILES string of the molecule is COC1CCC(C)(NC(N)=O)CC1. The van der Waals surface area contributed by atoms with Crippen LogP contribution in [0.2, 0.25) is 0 Å². The second-order valence-corrected chi connectivity index (χ2v) is 3.98. The Bertz CT molecular complexity index is 186. The Kier molecular flexibility index (Phi) is 3.14. The van der Waals surface area contributed by atoms with Crippen LogP contribution in [0.1, 0.15) is 32.6 Å². The molecule has 76 valence electrons. The highest BCUT2D eigenvalue weighted by atomic mass is 16.5. The summed E-state index contributed by atoms with van der Waals surface area (Å²) in [5.74, 6) is 0. The predicted molar refractivity (Wildman–Crippen MR) is 50.4 cm³/mol. The molecule has 0 heterocycles. The van der Waals surface area contributed by atoms with Gasteiger partial charge in [-0.15, -0.1) is 0 Å². The van der Waals surface area contributed by atoms with Gasteiger partial charge in [0.1, 0.15) is 0 Å². The molecule has 0 unspecified atom stereocenters. The van der Waals surface area contributed by atoms with E-state index in [2.05, 4.69) is 5.32 Å². The van der Waals surface area contributed by atoms with Crippen molar-refractivity contribution in [2.24, 2.45) is 5.73 Å². The summed E-state index contributed by atoms with van der Waals surface area (Å²) in [4.78, 5) is 10.7. The topological polar surface area (TPSA) is 64.3 Å². The van der Waals surface area contributed by atoms with Crippen LogP contribution in [0.25, 0.3) is 0 Å². The van der Waals surface area contributed by atoms with Gasteiger partial charge in [-0.25, -0.2) is 4.79 Å². The summed E-state index contributed by atoms with van der Waals surface area (Å²) in [5, 5.41) is 2.79. The van der Waals surface area contributed by atoms with Gasteiger partial charge in [-0.2, -0.15) is 0 Å². The third kappa shape index (κ3) is 2.88. The van der Waals surface area contributed by atoms with E-state index < -0.39 is 6.03 Å². The minimum atomic E-state index is -0.432. The first-order valence-corrected chi connectivity index (χ1v) is 4.66. The summed E-state index contributed by atoms with van der Waals surface area (Å²) < 4.78 is 5.25. The van der Waals surface area contributed by atoms with Crippen LogP contribution in [-0.2, 0) is 4.74 Å². The first-order valence-electron chi connectivity index (χ1n) is 4.66. The molecule has 0 bridgehead atoms. The van der Waals surface area contributed by atoms with Gasteiger partial charge < -0.3 is 15.8 Å². The fourth-order valence-electron chi connectivity index (χ4n) is 1.89. The highest BCUT2D eigenvalue weighted by Gasteiger charge is 2.31. The third-order valence-electron chi connectivity index (χ3n) is 2.79. The van der Waals surface area contributed by atoms with Crippen molar-refractivity contribution in [2.45, 2.75) is 44.2 Å². The molecular formula is C9H18N2O2. The number of primary amides is 1. The molecule has 0 spiro atoms. The van der Waals surface area contributed by atoms with Crippen molar-refractivity contribution in [1.82, 2.24) is 5.32 Å². The van der Waals surface area contributed by atoms with Gasteiger partial charge in [-0.05, 0) is 32.6 Å². The van der Waals surface area contributed by atoms with Crippen LogP contribution in [0.15, 0.2) is 0 Å². The molecule has 13 heavy (non-hydrogen) atoms. The lowest BCUT2D eigenvalue weighted by Crippen LogP contribution is -2.51. The lowest BCUT2D eigenvalue weighted by Gasteiger charge is -2.36. The van der Waals surface area contributed by atoms with Gasteiger partial charge in [0.15, 0.2) is 0 Å². The maximum absolute atomic E-state index is 10.7. The van der Waals surface area contributed by atoms with Crippen LogP contribution < -0.4 is 11.1 Å². The van der Waals surface area contributed by atoms with Crippen LogP contribution in [0.5, 0.6) is 0 Å². The maximum atomic E-state index is 10.7. The predicted octanol–water partition coefficient (Wildman–Crippen LogP) is 1.00. The van der Waals surface area contributed by atoms with E-state index in [0.29, 0.717) is 6.10 Å². The molecule has 1 aliphatic carbocycles. The lowest BCUT2D eigenvalue weighted by atomic mass is 9.82. The number of nitrogens with one attached hydrogen (secondary N) is 1. The Morgan fingerprint density at radius 3 is 2.46 bits per heavy atom. The monoisotopic (exact) mass is 186 g/mol. The van der Waals surface area contributed by atoms with Crippen LogP contribution in [-0.4, -0.2) is 24.8 Å². The zero-order valence-electron chi connectivity index (χ0n) is 8.30. The second kappa shape index (κ2) is 3.96. The van der Waals surface area contributed by atoms with Crippen molar-refractivity contribution < 1.29 is 9.53 Å². The van der Waals surface area contributed by atoms with Crippen molar-refractivity contribution in [1.29, 1.82) is 0 Å². The minimum Gasteiger partial charge on any atom is -0.381 e. The molecule has 2 amide bonds. The summed E-state index contributed by atoms with van der Waals surface area (Å²) >= 11 is 0. The average molecular weight is 186 g/mol. The Labute approximate surface area is 78.8 Å². The first kappa shape index (κ1) is 10.3. The van der Waals surface area contributed by atoms with Crippen molar-refractivity contribution >= 4 is 6.03 Å². The molecule has 0 radical (unpaired) electrons. The highest BCUT2D eigenvalue weighted by Crippen LogP contribution is 2.28. The number of rotatable bonds is 2. The van der Waals surface area contributed by atoms with E-state index in [9.17, 15) is 4.79 Å². The Morgan fingerprint density at radius 1 is 1.54 bits per heavy atom. The molecule has 0 atom stereocenters. The van der Waals surface area contributed by atoms with Gasteiger partial charge in [-0.3, -0.25) is 0 Å². The summed E-state index contributed by atoms with van der Waals surface area (Å²) in [6.07, 6.45) is 4.21. The summed E-state index contributed by atoms with van der Waals surface area (Å²) in [5.41, 5.74) is 4.97. The normalized spacial score (nSPS) is 34.2. The zero-order valence-corrected chi connectivity index (χ0v) is 8.30. The van der Waals surface area contributed by atoms with Crippen LogP contribution in [0.3, 0.4) is 0 Å². The zero-order chi connectivity index (χ0) is 9.90. The van der Waals surface area contributed by atoms with Crippen molar-refractivity contribution in [3.05, 3.63) is 0 Å². The van der Waals surface area contributed by atoms with E-state index in [1.165, 1.54) is 0 Å². The summed E-state index contributed by atoms with van der Waals surface area (Å²) in [6.45, 7) is 2.03. The largest absolute Gasteiger partial charge is 0.381 e. The molecule has 4 nitrogen and oxygen atoms in total. The molecule has 0 aliphatic heterocycles. The smallest absolute Gasteiger partial charge is 0.312 e. The van der Waals surface area contributed by atoms with Gasteiger partial charge in [0, 0.05) is 12.6 Å². The van der Waals surface area contributed by atoms with Gasteiger partial charge in [0.25, 0.3) is 0 Å². The van der Waals surface area contributed by atoms with Crippen LogP contribution in [0, 0.1) is 0 Å². The molecule has 0 aromatic carbocycles. The molecule has 1 aliphatic rings. The Balaban J connectivity index is 2.41. The number of carbonyl (C=O) groups is 1. The van der Waals surface area contributed by atoms with Gasteiger partial charge in [0.2, 0.25) is 0 Å². The van der Waals surface area contributed by atoms with E-state index in [4.69, 9.17) is 10.5 Å². The van der Waals surface area contributed by atoms with Crippen molar-refractivity contribution in [3.8, 4) is 0 Å². The number of hydrogen-bond donors (Lipinski definition) is 2. The van der Waals surface area contributed by atoms with Crippen LogP contribution in [0.4, 0.5) is 4.79 Å². The molecule has 3 N–H and O–H groups in total. The molecule has 4 heteroatoms. The second-order valence-electron chi connectivity index (χ2n) is 3.98. The van der Waals surface area contributed by atoms with Gasteiger partial charge in [-0.1, -0.05) is 0 Å². The van der Waals surface area contributed by atoms with Gasteiger partial charge >= 0.3 is 6.03 Å². The Hall–Kier alpha value is -0.770. The standard InChI is InChI=1S/C9H18N2O2/c1-9(11-8(10)12)5-3-7(13-2)4-6-9/h7H,3-6H2,1-2H3,(H3,10,11,12). The number of hydrogen-bond acceptors (Lipinski definition) is 2. The molecule has 1 saturated carbocycles. The fraction of sp³-hybridized carbons (Fsp3) is 0.889. The number of urea groups is 1. The molecule has 1 fully saturated rings. The number of carbonyl (C=O) groups excluding carboxylic acids is 1. The fourth-order valence-corrected chi connectivity index (χ4v) is 1.89. The summed E-state index contributed by atoms with van der Waals surface area (Å²) in [7, 11) is 1.73. The number of amides is 2. The van der Waals surface area contributed by atoms with E-state index in [1.807, 2.05) is 6.92 Å². The molecule has 0 aromatic rings. The van der Waals surface area contributed by atoms with Crippen molar-refractivity contribution in [2.75, 3.05) is 7.11 Å². The molecule has 0 aromatic heterocycles. The maximum Gasteiger partial charge on any atom is 0.312 e. The van der Waals surface area contributed by atoms with Gasteiger partial charge in [0.05, 0.1) is 6.10 Å². The first-order chi connectivity index (χ1) is 6.06. The van der Waals surface area contributed by atoms with E-state index >= 15 is 0 Å². The molecule has 1 rings (SSSR count). The van der Waals surface area contributed by atoms with E-state index in [0.717, 1.165) is 25.7 Å². The number of methoxy groups -OCH3 is 1. The molecule has 0 saturated heterocycles. The lowest BCUT2D eigenvalue weighted by molar-refractivity contribution is 0.0478. The number of nitrogens with two attached hydrogens (primary N) is 1. The van der Waals surface area contributed by atoms with E-state index in [-0.39, 0.29) is 5.54 Å². The van der Waals surface area contributed by atoms with Crippen LogP contribution >= 0.6 is 0 Å². The van der Waals surface area contributed by atoms with Crippen molar-refractivity contribution in [3.63, 3.8) is 0 Å². The highest BCUT2D eigenvalue weighted by molar-refractivity contribution is 5.72. The number of ether oxygens (including phenoxy) is 1. The molecular weight excluding hydrogens is 168 g/mol.